The molecule has 1 amide bonds. The lowest BCUT2D eigenvalue weighted by Gasteiger charge is -2.20. The highest BCUT2D eigenvalue weighted by Gasteiger charge is 2.14. The van der Waals surface area contributed by atoms with Gasteiger partial charge in [0.1, 0.15) is 0 Å². The number of nitrogens with one attached hydrogen (secondary N) is 1. The summed E-state index contributed by atoms with van der Waals surface area (Å²) in [5, 5.41) is 3.18. The van der Waals surface area contributed by atoms with Crippen molar-refractivity contribution in [2.75, 3.05) is 5.75 Å². The lowest BCUT2D eigenvalue weighted by Crippen LogP contribution is -2.28. The topological polar surface area (TPSA) is 29.1 Å². The third-order valence-corrected chi connectivity index (χ3v) is 4.90. The molecule has 0 saturated carbocycles. The van der Waals surface area contributed by atoms with Crippen molar-refractivity contribution in [1.82, 2.24) is 5.32 Å². The molecule has 0 aliphatic carbocycles. The second-order valence-corrected chi connectivity index (χ2v) is 6.97. The maximum absolute atomic E-state index is 12.2. The van der Waals surface area contributed by atoms with Crippen molar-refractivity contribution in [1.29, 1.82) is 0 Å². The van der Waals surface area contributed by atoms with Gasteiger partial charge in [0.15, 0.2) is 0 Å². The summed E-state index contributed by atoms with van der Waals surface area (Å²) < 4.78 is 0. The average Bonchev–Trinajstić information content (AvgIpc) is 2.54. The molecular weight excluding hydrogens is 302 g/mol. The average molecular weight is 327 g/mol. The fourth-order valence-corrected chi connectivity index (χ4v) is 3.53. The molecule has 0 fully saturated rings. The Morgan fingerprint density at radius 2 is 1.87 bits per heavy atom. The fraction of sp³-hybridized carbons (Fsp3) is 0.350. The van der Waals surface area contributed by atoms with E-state index in [2.05, 4.69) is 56.4 Å². The molecule has 2 nitrogen and oxygen atoms in total. The van der Waals surface area contributed by atoms with E-state index < -0.39 is 0 Å². The van der Waals surface area contributed by atoms with Crippen molar-refractivity contribution in [3.63, 3.8) is 0 Å². The largest absolute Gasteiger partial charge is 0.349 e. The maximum atomic E-state index is 12.2. The monoisotopic (exact) mass is 327 g/mol. The van der Waals surface area contributed by atoms with Gasteiger partial charge < -0.3 is 5.32 Å². The van der Waals surface area contributed by atoms with Crippen molar-refractivity contribution in [2.45, 2.75) is 44.6 Å². The molecule has 0 radical (unpaired) electrons. The van der Waals surface area contributed by atoms with Crippen LogP contribution in [-0.4, -0.2) is 11.7 Å². The maximum Gasteiger partial charge on any atom is 0.221 e. The molecule has 0 aliphatic rings. The third-order valence-electron chi connectivity index (χ3n) is 3.89. The Morgan fingerprint density at radius 3 is 2.52 bits per heavy atom. The van der Waals surface area contributed by atoms with Gasteiger partial charge in [-0.25, -0.2) is 0 Å². The Kier molecular flexibility index (Phi) is 6.72. The summed E-state index contributed by atoms with van der Waals surface area (Å²) in [5.74, 6) is 0.930. The molecular formula is C20H25NOS. The first-order chi connectivity index (χ1) is 11.1. The number of hydrogen-bond acceptors (Lipinski definition) is 2. The molecule has 2 aromatic carbocycles. The summed E-state index contributed by atoms with van der Waals surface area (Å²) >= 11 is 1.72. The molecule has 3 heteroatoms. The molecule has 0 saturated heterocycles. The zero-order valence-electron chi connectivity index (χ0n) is 14.1. The highest BCUT2D eigenvalue weighted by Crippen LogP contribution is 2.22. The van der Waals surface area contributed by atoms with Gasteiger partial charge in [-0.1, -0.05) is 48.9 Å². The van der Waals surface area contributed by atoms with Gasteiger partial charge in [0.25, 0.3) is 0 Å². The standard InChI is InChI=1S/C20H25NOS/c1-4-19(18-11-10-15(2)14-16(18)3)21-20(22)12-13-23-17-8-6-5-7-9-17/h5-11,14,19H,4,12-13H2,1-3H3,(H,21,22)/t19-/m0/s1. The van der Waals surface area contributed by atoms with E-state index in [9.17, 15) is 4.79 Å². The van der Waals surface area contributed by atoms with Crippen LogP contribution >= 0.6 is 11.8 Å². The summed E-state index contributed by atoms with van der Waals surface area (Å²) in [4.78, 5) is 13.4. The highest BCUT2D eigenvalue weighted by molar-refractivity contribution is 7.99. The van der Waals surface area contributed by atoms with Crippen molar-refractivity contribution < 1.29 is 4.79 Å². The molecule has 0 spiro atoms. The smallest absolute Gasteiger partial charge is 0.221 e. The van der Waals surface area contributed by atoms with E-state index >= 15 is 0 Å². The van der Waals surface area contributed by atoms with Crippen molar-refractivity contribution in [3.8, 4) is 0 Å². The quantitative estimate of drug-likeness (QED) is 0.721. The second-order valence-electron chi connectivity index (χ2n) is 5.80. The van der Waals surface area contributed by atoms with Gasteiger partial charge in [0, 0.05) is 17.1 Å². The molecule has 0 aromatic heterocycles. The van der Waals surface area contributed by atoms with Crippen LogP contribution in [0, 0.1) is 13.8 Å². The molecule has 2 rings (SSSR count). The minimum Gasteiger partial charge on any atom is -0.349 e. The van der Waals surface area contributed by atoms with Gasteiger partial charge in [-0.05, 0) is 43.5 Å². The van der Waals surface area contributed by atoms with Crippen LogP contribution in [-0.2, 0) is 4.79 Å². The molecule has 2 aromatic rings. The minimum absolute atomic E-state index is 0.102. The molecule has 0 aliphatic heterocycles. The molecule has 0 unspecified atom stereocenters. The van der Waals surface area contributed by atoms with Crippen LogP contribution in [0.25, 0.3) is 0 Å². The number of rotatable bonds is 7. The molecule has 1 atom stereocenters. The van der Waals surface area contributed by atoms with Gasteiger partial charge in [0.2, 0.25) is 5.91 Å². The number of carbonyl (C=O) groups is 1. The number of carbonyl (C=O) groups excluding carboxylic acids is 1. The zero-order valence-corrected chi connectivity index (χ0v) is 15.0. The van der Waals surface area contributed by atoms with Gasteiger partial charge in [-0.3, -0.25) is 4.79 Å². The van der Waals surface area contributed by atoms with Crippen LogP contribution in [0.15, 0.2) is 53.4 Å². The van der Waals surface area contributed by atoms with E-state index in [4.69, 9.17) is 0 Å². The SMILES string of the molecule is CC[C@H](NC(=O)CCSc1ccccc1)c1ccc(C)cc1C. The normalized spacial score (nSPS) is 12.0. The van der Waals surface area contributed by atoms with Gasteiger partial charge in [-0.15, -0.1) is 11.8 Å². The molecule has 122 valence electrons. The van der Waals surface area contributed by atoms with Crippen molar-refractivity contribution in [3.05, 3.63) is 65.2 Å². The number of aryl methyl sites for hydroxylation is 2. The molecule has 0 heterocycles. The van der Waals surface area contributed by atoms with E-state index in [1.54, 1.807) is 11.8 Å². The van der Waals surface area contributed by atoms with E-state index in [1.807, 2.05) is 18.2 Å². The van der Waals surface area contributed by atoms with Crippen LogP contribution in [0.5, 0.6) is 0 Å². The van der Waals surface area contributed by atoms with Crippen LogP contribution in [0.1, 0.15) is 42.5 Å². The van der Waals surface area contributed by atoms with E-state index in [-0.39, 0.29) is 11.9 Å². The Balaban J connectivity index is 1.87. The summed E-state index contributed by atoms with van der Waals surface area (Å²) in [5.41, 5.74) is 3.73. The van der Waals surface area contributed by atoms with Crippen molar-refractivity contribution in [2.24, 2.45) is 0 Å². The zero-order chi connectivity index (χ0) is 16.7. The Labute approximate surface area is 143 Å². The molecule has 0 bridgehead atoms. The first kappa shape index (κ1) is 17.6. The molecule has 23 heavy (non-hydrogen) atoms. The second kappa shape index (κ2) is 8.78. The fourth-order valence-electron chi connectivity index (χ4n) is 2.66. The Morgan fingerprint density at radius 1 is 1.13 bits per heavy atom. The number of thioether (sulfide) groups is 1. The Bertz CT molecular complexity index is 639. The predicted molar refractivity (Wildman–Crippen MR) is 98.9 cm³/mol. The summed E-state index contributed by atoms with van der Waals surface area (Å²) in [6.07, 6.45) is 1.45. The highest BCUT2D eigenvalue weighted by atomic mass is 32.2. The summed E-state index contributed by atoms with van der Waals surface area (Å²) in [6.45, 7) is 6.32. The summed E-state index contributed by atoms with van der Waals surface area (Å²) in [7, 11) is 0. The molecule has 1 N–H and O–H groups in total. The summed E-state index contributed by atoms with van der Waals surface area (Å²) in [6, 6.07) is 16.7. The van der Waals surface area contributed by atoms with Gasteiger partial charge in [0.05, 0.1) is 6.04 Å². The lowest BCUT2D eigenvalue weighted by molar-refractivity contribution is -0.121. The van der Waals surface area contributed by atoms with E-state index in [0.29, 0.717) is 6.42 Å². The van der Waals surface area contributed by atoms with E-state index in [1.165, 1.54) is 21.6 Å². The van der Waals surface area contributed by atoms with Crippen LogP contribution < -0.4 is 5.32 Å². The van der Waals surface area contributed by atoms with Crippen LogP contribution in [0.4, 0.5) is 0 Å². The van der Waals surface area contributed by atoms with Crippen molar-refractivity contribution >= 4 is 17.7 Å². The number of amides is 1. The van der Waals surface area contributed by atoms with E-state index in [0.717, 1.165) is 12.2 Å². The van der Waals surface area contributed by atoms with Gasteiger partial charge >= 0.3 is 0 Å². The first-order valence-electron chi connectivity index (χ1n) is 8.14. The number of hydrogen-bond donors (Lipinski definition) is 1. The lowest BCUT2D eigenvalue weighted by atomic mass is 9.97. The van der Waals surface area contributed by atoms with Crippen LogP contribution in [0.2, 0.25) is 0 Å². The number of benzene rings is 2. The minimum atomic E-state index is 0.102. The Hall–Kier alpha value is -1.74. The third kappa shape index (κ3) is 5.43. The first-order valence-corrected chi connectivity index (χ1v) is 9.13. The predicted octanol–water partition coefficient (Wildman–Crippen LogP) is 5.05. The van der Waals surface area contributed by atoms with Crippen LogP contribution in [0.3, 0.4) is 0 Å². The van der Waals surface area contributed by atoms with Gasteiger partial charge in [-0.2, -0.15) is 0 Å².